The summed E-state index contributed by atoms with van der Waals surface area (Å²) in [5.74, 6) is 0.698. The van der Waals surface area contributed by atoms with E-state index in [0.29, 0.717) is 12.4 Å². The molecule has 2 aromatic rings. The van der Waals surface area contributed by atoms with Gasteiger partial charge in [-0.1, -0.05) is 24.3 Å². The van der Waals surface area contributed by atoms with E-state index in [1.54, 1.807) is 7.11 Å². The first-order valence-corrected chi connectivity index (χ1v) is 9.89. The van der Waals surface area contributed by atoms with Gasteiger partial charge in [-0.05, 0) is 57.5 Å². The van der Waals surface area contributed by atoms with Gasteiger partial charge >= 0.3 is 0 Å². The van der Waals surface area contributed by atoms with E-state index in [0.717, 1.165) is 16.3 Å². The van der Waals surface area contributed by atoms with Crippen LogP contribution in [0, 0.1) is 0 Å². The van der Waals surface area contributed by atoms with E-state index in [1.165, 1.54) is 0 Å². The van der Waals surface area contributed by atoms with Crippen molar-refractivity contribution < 1.29 is 24.1 Å². The molecule has 0 spiro atoms. The molecule has 1 heterocycles. The van der Waals surface area contributed by atoms with Crippen LogP contribution in [0.2, 0.25) is 0 Å². The molecule has 0 amide bonds. The topological polar surface area (TPSA) is 57.2 Å². The van der Waals surface area contributed by atoms with Gasteiger partial charge in [0.15, 0.2) is 0 Å². The maximum atomic E-state index is 11.1. The third-order valence-electron chi connectivity index (χ3n) is 4.85. The van der Waals surface area contributed by atoms with Crippen molar-refractivity contribution in [2.24, 2.45) is 0 Å². The molecule has 5 nitrogen and oxygen atoms in total. The molecule has 3 rings (SSSR count). The van der Waals surface area contributed by atoms with Crippen molar-refractivity contribution in [2.75, 3.05) is 13.7 Å². The second-order valence-electron chi connectivity index (χ2n) is 8.60. The van der Waals surface area contributed by atoms with E-state index >= 15 is 0 Å². The molecule has 4 atom stereocenters. The summed E-state index contributed by atoms with van der Waals surface area (Å²) in [6.45, 7) is 10.3. The fraction of sp³-hybridized carbons (Fsp3) is 0.565. The lowest BCUT2D eigenvalue weighted by atomic mass is 9.97. The summed E-state index contributed by atoms with van der Waals surface area (Å²) < 4.78 is 23.9. The Bertz CT molecular complexity index is 795. The van der Waals surface area contributed by atoms with Gasteiger partial charge in [-0.25, -0.2) is 0 Å². The van der Waals surface area contributed by atoms with Crippen molar-refractivity contribution in [3.63, 3.8) is 0 Å². The summed E-state index contributed by atoms with van der Waals surface area (Å²) in [4.78, 5) is 0. The Hall–Kier alpha value is -1.66. The summed E-state index contributed by atoms with van der Waals surface area (Å²) in [5, 5.41) is 13.2. The lowest BCUT2D eigenvalue weighted by Gasteiger charge is -2.26. The molecule has 5 heteroatoms. The number of methoxy groups -OCH3 is 1. The molecule has 0 aliphatic carbocycles. The lowest BCUT2D eigenvalue weighted by Crippen LogP contribution is -2.39. The summed E-state index contributed by atoms with van der Waals surface area (Å²) in [7, 11) is 1.64. The molecule has 1 fully saturated rings. The smallest absolute Gasteiger partial charge is 0.125 e. The standard InChI is InChI=1S/C23H32O5/c1-14(2)27-22-19(13-26-23(3,4)5)28-21(20(22)24)17-11-15-9-7-8-10-16(15)12-18(17)25-6/h7-12,14,19-22,24H,13H2,1-6H3/t19-,20?,21+,22?/m1/s1. The Labute approximate surface area is 167 Å². The van der Waals surface area contributed by atoms with Crippen LogP contribution in [0.25, 0.3) is 10.8 Å². The van der Waals surface area contributed by atoms with E-state index in [2.05, 4.69) is 0 Å². The minimum atomic E-state index is -0.814. The van der Waals surface area contributed by atoms with E-state index < -0.39 is 18.3 Å². The Balaban J connectivity index is 1.93. The molecule has 1 aliphatic rings. The number of hydrogen-bond donors (Lipinski definition) is 1. The number of aliphatic hydroxyl groups excluding tert-OH is 1. The van der Waals surface area contributed by atoms with Crippen LogP contribution in [0.15, 0.2) is 36.4 Å². The molecular formula is C23H32O5. The van der Waals surface area contributed by atoms with E-state index in [1.807, 2.05) is 71.0 Å². The van der Waals surface area contributed by atoms with E-state index in [4.69, 9.17) is 18.9 Å². The molecule has 0 bridgehead atoms. The van der Waals surface area contributed by atoms with E-state index in [-0.39, 0.29) is 17.8 Å². The van der Waals surface area contributed by atoms with Gasteiger partial charge in [0.2, 0.25) is 0 Å². The third-order valence-corrected chi connectivity index (χ3v) is 4.85. The number of aliphatic hydroxyl groups is 1. The fourth-order valence-corrected chi connectivity index (χ4v) is 3.58. The van der Waals surface area contributed by atoms with E-state index in [9.17, 15) is 5.11 Å². The highest BCUT2D eigenvalue weighted by molar-refractivity contribution is 5.85. The Kier molecular flexibility index (Phi) is 6.30. The SMILES string of the molecule is COc1cc2ccccc2cc1[C@@H]1O[C@H](COC(C)(C)C)C(OC(C)C)C1O. The third kappa shape index (κ3) is 4.66. The van der Waals surface area contributed by atoms with Crippen molar-refractivity contribution in [1.82, 2.24) is 0 Å². The maximum absolute atomic E-state index is 11.1. The molecule has 1 N–H and O–H groups in total. The van der Waals surface area contributed by atoms with Crippen LogP contribution < -0.4 is 4.74 Å². The predicted molar refractivity (Wildman–Crippen MR) is 110 cm³/mol. The largest absolute Gasteiger partial charge is 0.496 e. The predicted octanol–water partition coefficient (Wildman–Crippen LogP) is 4.26. The van der Waals surface area contributed by atoms with Gasteiger partial charge in [0.05, 0.1) is 25.4 Å². The normalized spacial score (nSPS) is 25.6. The first-order valence-electron chi connectivity index (χ1n) is 9.89. The van der Waals surface area contributed by atoms with Crippen molar-refractivity contribution in [3.05, 3.63) is 42.0 Å². The average molecular weight is 389 g/mol. The Morgan fingerprint density at radius 3 is 2.32 bits per heavy atom. The first-order chi connectivity index (χ1) is 13.2. The number of fused-ring (bicyclic) bond motifs is 1. The monoisotopic (exact) mass is 388 g/mol. The minimum Gasteiger partial charge on any atom is -0.496 e. The highest BCUT2D eigenvalue weighted by Crippen LogP contribution is 2.41. The highest BCUT2D eigenvalue weighted by Gasteiger charge is 2.47. The number of hydrogen-bond acceptors (Lipinski definition) is 5. The van der Waals surface area contributed by atoms with Crippen LogP contribution in [0.5, 0.6) is 5.75 Å². The van der Waals surface area contributed by atoms with Crippen LogP contribution in [0.4, 0.5) is 0 Å². The molecule has 0 radical (unpaired) electrons. The molecule has 1 saturated heterocycles. The molecule has 2 unspecified atom stereocenters. The van der Waals surface area contributed by atoms with Gasteiger partial charge < -0.3 is 24.1 Å². The van der Waals surface area contributed by atoms with Crippen LogP contribution in [-0.2, 0) is 14.2 Å². The molecule has 28 heavy (non-hydrogen) atoms. The number of benzene rings is 2. The zero-order chi connectivity index (χ0) is 20.5. The maximum Gasteiger partial charge on any atom is 0.125 e. The van der Waals surface area contributed by atoms with Gasteiger partial charge in [0.25, 0.3) is 0 Å². The van der Waals surface area contributed by atoms with Crippen molar-refractivity contribution >= 4 is 10.8 Å². The van der Waals surface area contributed by atoms with Gasteiger partial charge in [-0.2, -0.15) is 0 Å². The molecular weight excluding hydrogens is 356 g/mol. The van der Waals surface area contributed by atoms with Crippen molar-refractivity contribution in [1.29, 1.82) is 0 Å². The van der Waals surface area contributed by atoms with Gasteiger partial charge in [0.1, 0.15) is 30.2 Å². The second-order valence-corrected chi connectivity index (χ2v) is 8.60. The van der Waals surface area contributed by atoms with Crippen LogP contribution in [0.3, 0.4) is 0 Å². The zero-order valence-corrected chi connectivity index (χ0v) is 17.6. The van der Waals surface area contributed by atoms with Crippen molar-refractivity contribution in [3.8, 4) is 5.75 Å². The average Bonchev–Trinajstić information content (AvgIpc) is 2.93. The number of rotatable bonds is 6. The summed E-state index contributed by atoms with van der Waals surface area (Å²) >= 11 is 0. The lowest BCUT2D eigenvalue weighted by molar-refractivity contribution is -0.112. The van der Waals surface area contributed by atoms with Gasteiger partial charge in [-0.15, -0.1) is 0 Å². The van der Waals surface area contributed by atoms with Gasteiger partial charge in [0, 0.05) is 5.56 Å². The van der Waals surface area contributed by atoms with Crippen LogP contribution in [-0.4, -0.2) is 48.8 Å². The highest BCUT2D eigenvalue weighted by atomic mass is 16.6. The molecule has 0 saturated carbocycles. The number of ether oxygens (including phenoxy) is 4. The summed E-state index contributed by atoms with van der Waals surface area (Å²) in [5.41, 5.74) is 0.527. The quantitative estimate of drug-likeness (QED) is 0.801. The minimum absolute atomic E-state index is 0.0300. The Morgan fingerprint density at radius 2 is 1.75 bits per heavy atom. The fourth-order valence-electron chi connectivity index (χ4n) is 3.58. The van der Waals surface area contributed by atoms with Crippen LogP contribution >= 0.6 is 0 Å². The zero-order valence-electron chi connectivity index (χ0n) is 17.6. The first kappa shape index (κ1) is 21.1. The second kappa shape index (κ2) is 8.37. The molecule has 2 aromatic carbocycles. The Morgan fingerprint density at radius 1 is 1.11 bits per heavy atom. The summed E-state index contributed by atoms with van der Waals surface area (Å²) in [6, 6.07) is 12.1. The van der Waals surface area contributed by atoms with Crippen LogP contribution in [0.1, 0.15) is 46.3 Å². The molecule has 154 valence electrons. The van der Waals surface area contributed by atoms with Crippen molar-refractivity contribution in [2.45, 2.75) is 70.7 Å². The molecule has 0 aromatic heterocycles. The summed E-state index contributed by atoms with van der Waals surface area (Å²) in [6.07, 6.45) is -2.22. The molecule has 1 aliphatic heterocycles. The van der Waals surface area contributed by atoms with Gasteiger partial charge in [-0.3, -0.25) is 0 Å².